The summed E-state index contributed by atoms with van der Waals surface area (Å²) in [5.74, 6) is 0. The first-order valence-corrected chi connectivity index (χ1v) is 7.75. The topological polar surface area (TPSA) is 6.48 Å². The molecule has 0 unspecified atom stereocenters. The van der Waals surface area contributed by atoms with Gasteiger partial charge in [0.15, 0.2) is 0 Å². The molecule has 0 aromatic carbocycles. The number of piperidine rings is 2. The van der Waals surface area contributed by atoms with E-state index < -0.39 is 0 Å². The first-order chi connectivity index (χ1) is 8.27. The van der Waals surface area contributed by atoms with Gasteiger partial charge in [-0.05, 0) is 65.7 Å². The Kier molecular flexibility index (Phi) is 7.14. The van der Waals surface area contributed by atoms with Crippen molar-refractivity contribution in [2.75, 3.05) is 26.2 Å². The number of likely N-dealkylation sites (tertiary alicyclic amines) is 2. The number of hydrogen-bond donors (Lipinski definition) is 0. The first kappa shape index (κ1) is 15.0. The molecule has 0 bridgehead atoms. The molecule has 2 fully saturated rings. The monoisotopic (exact) mass is 240 g/mol. The minimum Gasteiger partial charge on any atom is -0.301 e. The molecule has 2 aliphatic rings. The third-order valence-corrected chi connectivity index (χ3v) is 4.14. The summed E-state index contributed by atoms with van der Waals surface area (Å²) >= 11 is 0. The van der Waals surface area contributed by atoms with Gasteiger partial charge in [-0.3, -0.25) is 0 Å². The van der Waals surface area contributed by atoms with Gasteiger partial charge in [0, 0.05) is 12.1 Å². The Morgan fingerprint density at radius 1 is 0.824 bits per heavy atom. The smallest absolute Gasteiger partial charge is 0.0120 e. The molecule has 0 saturated carbocycles. The lowest BCUT2D eigenvalue weighted by Crippen LogP contribution is -2.48. The van der Waals surface area contributed by atoms with Crippen LogP contribution in [0.1, 0.15) is 59.8 Å². The minimum absolute atomic E-state index is 0.743. The number of hydrogen-bond acceptors (Lipinski definition) is 2. The van der Waals surface area contributed by atoms with Crippen molar-refractivity contribution in [1.82, 2.24) is 9.80 Å². The SMILES string of the molecule is CC.CC(C)N1CCC(N2CCCCC2)CC1. The molecule has 102 valence electrons. The lowest BCUT2D eigenvalue weighted by Gasteiger charge is -2.41. The van der Waals surface area contributed by atoms with Gasteiger partial charge in [0.2, 0.25) is 0 Å². The van der Waals surface area contributed by atoms with Crippen LogP contribution in [0.25, 0.3) is 0 Å². The Bertz CT molecular complexity index is 177. The molecule has 0 aromatic heterocycles. The predicted molar refractivity (Wildman–Crippen MR) is 76.5 cm³/mol. The van der Waals surface area contributed by atoms with Crippen LogP contribution in [0.2, 0.25) is 0 Å². The van der Waals surface area contributed by atoms with Crippen LogP contribution < -0.4 is 0 Å². The molecule has 0 aliphatic carbocycles. The van der Waals surface area contributed by atoms with E-state index >= 15 is 0 Å². The van der Waals surface area contributed by atoms with E-state index in [-0.39, 0.29) is 0 Å². The Morgan fingerprint density at radius 3 is 1.82 bits per heavy atom. The van der Waals surface area contributed by atoms with Crippen molar-refractivity contribution >= 4 is 0 Å². The summed E-state index contributed by atoms with van der Waals surface area (Å²) < 4.78 is 0. The average molecular weight is 240 g/mol. The fourth-order valence-electron chi connectivity index (χ4n) is 3.05. The van der Waals surface area contributed by atoms with Crippen LogP contribution in [-0.2, 0) is 0 Å². The van der Waals surface area contributed by atoms with Gasteiger partial charge >= 0.3 is 0 Å². The molecular weight excluding hydrogens is 208 g/mol. The van der Waals surface area contributed by atoms with Crippen molar-refractivity contribution in [3.8, 4) is 0 Å². The minimum atomic E-state index is 0.743. The third kappa shape index (κ3) is 4.59. The Balaban J connectivity index is 0.000000686. The largest absolute Gasteiger partial charge is 0.301 e. The third-order valence-electron chi connectivity index (χ3n) is 4.14. The Hall–Kier alpha value is -0.0800. The normalized spacial score (nSPS) is 24.5. The van der Waals surface area contributed by atoms with E-state index in [9.17, 15) is 0 Å². The molecule has 0 amide bonds. The van der Waals surface area contributed by atoms with E-state index in [0.717, 1.165) is 12.1 Å². The van der Waals surface area contributed by atoms with Crippen LogP contribution in [0.3, 0.4) is 0 Å². The Morgan fingerprint density at radius 2 is 1.35 bits per heavy atom. The maximum atomic E-state index is 2.75. The fraction of sp³-hybridized carbons (Fsp3) is 1.00. The van der Waals surface area contributed by atoms with Gasteiger partial charge in [-0.25, -0.2) is 0 Å². The number of nitrogens with zero attached hydrogens (tertiary/aromatic N) is 2. The van der Waals surface area contributed by atoms with Crippen LogP contribution in [0.5, 0.6) is 0 Å². The second-order valence-corrected chi connectivity index (χ2v) is 5.46. The van der Waals surface area contributed by atoms with E-state index in [4.69, 9.17) is 0 Å². The van der Waals surface area contributed by atoms with Crippen molar-refractivity contribution in [2.24, 2.45) is 0 Å². The molecule has 0 radical (unpaired) electrons. The molecule has 17 heavy (non-hydrogen) atoms. The lowest BCUT2D eigenvalue weighted by atomic mass is 9.99. The van der Waals surface area contributed by atoms with E-state index in [0.29, 0.717) is 0 Å². The molecule has 0 N–H and O–H groups in total. The molecule has 2 nitrogen and oxygen atoms in total. The van der Waals surface area contributed by atoms with E-state index in [2.05, 4.69) is 23.6 Å². The van der Waals surface area contributed by atoms with Crippen LogP contribution in [0.15, 0.2) is 0 Å². The Labute approximate surface area is 108 Å². The molecule has 2 saturated heterocycles. The zero-order valence-electron chi connectivity index (χ0n) is 12.4. The van der Waals surface area contributed by atoms with Crippen molar-refractivity contribution in [2.45, 2.75) is 71.9 Å². The second kappa shape index (κ2) is 8.10. The van der Waals surface area contributed by atoms with Crippen LogP contribution in [-0.4, -0.2) is 48.1 Å². The van der Waals surface area contributed by atoms with Gasteiger partial charge in [-0.15, -0.1) is 0 Å². The van der Waals surface area contributed by atoms with Crippen LogP contribution >= 0.6 is 0 Å². The molecular formula is C15H32N2. The highest BCUT2D eigenvalue weighted by atomic mass is 15.2. The van der Waals surface area contributed by atoms with E-state index in [1.165, 1.54) is 58.3 Å². The summed E-state index contributed by atoms with van der Waals surface area (Å²) in [6.45, 7) is 14.0. The summed E-state index contributed by atoms with van der Waals surface area (Å²) in [4.78, 5) is 5.38. The van der Waals surface area contributed by atoms with Crippen molar-refractivity contribution in [1.29, 1.82) is 0 Å². The predicted octanol–water partition coefficient (Wildman–Crippen LogP) is 3.37. The highest BCUT2D eigenvalue weighted by Crippen LogP contribution is 2.21. The summed E-state index contributed by atoms with van der Waals surface area (Å²) in [5, 5.41) is 0. The molecule has 0 aromatic rings. The average Bonchev–Trinajstić information content (AvgIpc) is 2.42. The maximum absolute atomic E-state index is 2.75. The van der Waals surface area contributed by atoms with Gasteiger partial charge < -0.3 is 9.80 Å². The quantitative estimate of drug-likeness (QED) is 0.730. The zero-order chi connectivity index (χ0) is 12.7. The van der Waals surface area contributed by atoms with Gasteiger partial charge in [-0.1, -0.05) is 20.3 Å². The molecule has 2 aliphatic heterocycles. The standard InChI is InChI=1S/C13H26N2.C2H6/c1-12(2)14-10-6-13(7-11-14)15-8-4-3-5-9-15;1-2/h12-13H,3-11H2,1-2H3;1-2H3. The molecule has 0 atom stereocenters. The van der Waals surface area contributed by atoms with Gasteiger partial charge in [0.1, 0.15) is 0 Å². The molecule has 2 rings (SSSR count). The molecule has 2 heteroatoms. The van der Waals surface area contributed by atoms with Crippen molar-refractivity contribution < 1.29 is 0 Å². The van der Waals surface area contributed by atoms with E-state index in [1.807, 2.05) is 13.8 Å². The second-order valence-electron chi connectivity index (χ2n) is 5.46. The van der Waals surface area contributed by atoms with Crippen molar-refractivity contribution in [3.05, 3.63) is 0 Å². The summed E-state index contributed by atoms with van der Waals surface area (Å²) in [5.41, 5.74) is 0. The lowest BCUT2D eigenvalue weighted by molar-refractivity contribution is 0.0796. The first-order valence-electron chi connectivity index (χ1n) is 7.75. The van der Waals surface area contributed by atoms with Crippen molar-refractivity contribution in [3.63, 3.8) is 0 Å². The van der Waals surface area contributed by atoms with Crippen LogP contribution in [0, 0.1) is 0 Å². The summed E-state index contributed by atoms with van der Waals surface area (Å²) in [6.07, 6.45) is 7.13. The van der Waals surface area contributed by atoms with E-state index in [1.54, 1.807) is 0 Å². The van der Waals surface area contributed by atoms with Crippen LogP contribution in [0.4, 0.5) is 0 Å². The molecule has 0 spiro atoms. The number of rotatable bonds is 2. The maximum Gasteiger partial charge on any atom is 0.0120 e. The zero-order valence-corrected chi connectivity index (χ0v) is 12.4. The summed E-state index contributed by atoms with van der Waals surface area (Å²) in [7, 11) is 0. The highest BCUT2D eigenvalue weighted by molar-refractivity contribution is 4.82. The van der Waals surface area contributed by atoms with Gasteiger partial charge in [0.25, 0.3) is 0 Å². The van der Waals surface area contributed by atoms with Gasteiger partial charge in [-0.2, -0.15) is 0 Å². The molecule has 2 heterocycles. The highest BCUT2D eigenvalue weighted by Gasteiger charge is 2.26. The summed E-state index contributed by atoms with van der Waals surface area (Å²) in [6, 6.07) is 1.65. The van der Waals surface area contributed by atoms with Gasteiger partial charge in [0.05, 0.1) is 0 Å². The fourth-order valence-corrected chi connectivity index (χ4v) is 3.05.